The molecule has 2 aromatic rings. The van der Waals surface area contributed by atoms with E-state index in [0.717, 1.165) is 12.0 Å². The van der Waals surface area contributed by atoms with Gasteiger partial charge in [-0.15, -0.1) is 0 Å². The number of allylic oxidation sites excluding steroid dienone is 2. The third-order valence-corrected chi connectivity index (χ3v) is 4.84. The van der Waals surface area contributed by atoms with Gasteiger partial charge < -0.3 is 15.4 Å². The van der Waals surface area contributed by atoms with E-state index in [-0.39, 0.29) is 12.2 Å². The second kappa shape index (κ2) is 9.33. The highest BCUT2D eigenvalue weighted by molar-refractivity contribution is 6.28. The van der Waals surface area contributed by atoms with E-state index in [2.05, 4.69) is 10.6 Å². The maximum Gasteiger partial charge on any atom is 0.269 e. The van der Waals surface area contributed by atoms with Crippen LogP contribution in [0.15, 0.2) is 78.4 Å². The summed E-state index contributed by atoms with van der Waals surface area (Å²) < 4.78 is 5.70. The normalized spacial score (nSPS) is 17.9. The van der Waals surface area contributed by atoms with Gasteiger partial charge in [-0.3, -0.25) is 14.4 Å². The number of benzene rings is 2. The number of para-hydroxylation sites is 2. The maximum absolute atomic E-state index is 13.3. The van der Waals surface area contributed by atoms with Crippen molar-refractivity contribution in [3.05, 3.63) is 84.0 Å². The van der Waals surface area contributed by atoms with Crippen LogP contribution in [0.1, 0.15) is 19.4 Å². The van der Waals surface area contributed by atoms with Gasteiger partial charge in [0.2, 0.25) is 11.4 Å². The average molecular weight is 404 g/mol. The van der Waals surface area contributed by atoms with Gasteiger partial charge in [0.1, 0.15) is 0 Å². The molecular weight excluding hydrogens is 380 g/mol. The molecule has 1 aliphatic rings. The Bertz CT molecular complexity index is 1010. The highest BCUT2D eigenvalue weighted by Crippen LogP contribution is 2.31. The van der Waals surface area contributed by atoms with Crippen molar-refractivity contribution < 1.29 is 19.1 Å². The van der Waals surface area contributed by atoms with Crippen molar-refractivity contribution in [3.63, 3.8) is 0 Å². The molecule has 0 aromatic heterocycles. The van der Waals surface area contributed by atoms with Crippen LogP contribution in [-0.2, 0) is 25.5 Å². The summed E-state index contributed by atoms with van der Waals surface area (Å²) in [6.45, 7) is 3.72. The molecule has 0 saturated carbocycles. The standard InChI is InChI=1S/C24H24N2O4/c1-3-17-11-8-9-15-20(17)26-22(28)19-14-10-16-21(27)24(19,30-4-2)23(29)25-18-12-6-5-7-13-18/h5-16H,3-4H2,1-2H3,(H,25,29)(H,26,28). The molecule has 1 aliphatic carbocycles. The van der Waals surface area contributed by atoms with Gasteiger partial charge in [0, 0.05) is 18.0 Å². The van der Waals surface area contributed by atoms with Crippen molar-refractivity contribution in [1.82, 2.24) is 0 Å². The third-order valence-electron chi connectivity index (χ3n) is 4.84. The molecule has 0 bridgehead atoms. The molecular formula is C24H24N2O4. The molecule has 2 amide bonds. The molecule has 6 heteroatoms. The van der Waals surface area contributed by atoms with Crippen LogP contribution < -0.4 is 10.6 Å². The van der Waals surface area contributed by atoms with Crippen molar-refractivity contribution in [3.8, 4) is 0 Å². The number of carbonyl (C=O) groups is 3. The number of rotatable bonds is 7. The predicted octanol–water partition coefficient (Wildman–Crippen LogP) is 3.67. The van der Waals surface area contributed by atoms with Crippen molar-refractivity contribution in [1.29, 1.82) is 0 Å². The van der Waals surface area contributed by atoms with E-state index in [1.165, 1.54) is 18.2 Å². The van der Waals surface area contributed by atoms with Crippen LogP contribution in [0.4, 0.5) is 11.4 Å². The molecule has 2 N–H and O–H groups in total. The second-order valence-corrected chi connectivity index (χ2v) is 6.70. The summed E-state index contributed by atoms with van der Waals surface area (Å²) in [7, 11) is 0. The number of nitrogens with one attached hydrogen (secondary N) is 2. The van der Waals surface area contributed by atoms with Crippen LogP contribution in [0.3, 0.4) is 0 Å². The number of amides is 2. The lowest BCUT2D eigenvalue weighted by Crippen LogP contribution is -2.56. The van der Waals surface area contributed by atoms with Crippen LogP contribution in [0.5, 0.6) is 0 Å². The quantitative estimate of drug-likeness (QED) is 0.690. The summed E-state index contributed by atoms with van der Waals surface area (Å²) in [5.41, 5.74) is -0.0530. The summed E-state index contributed by atoms with van der Waals surface area (Å²) in [6.07, 6.45) is 4.87. The molecule has 3 rings (SSSR count). The molecule has 2 aromatic carbocycles. The molecule has 0 spiro atoms. The number of hydrogen-bond donors (Lipinski definition) is 2. The van der Waals surface area contributed by atoms with Crippen LogP contribution >= 0.6 is 0 Å². The molecule has 0 saturated heterocycles. The zero-order chi connectivity index (χ0) is 21.6. The Balaban J connectivity index is 1.98. The van der Waals surface area contributed by atoms with Gasteiger partial charge in [-0.05, 0) is 49.3 Å². The van der Waals surface area contributed by atoms with Crippen molar-refractivity contribution >= 4 is 29.0 Å². The third kappa shape index (κ3) is 4.09. The van der Waals surface area contributed by atoms with Crippen molar-refractivity contribution in [2.24, 2.45) is 0 Å². The molecule has 154 valence electrons. The van der Waals surface area contributed by atoms with Gasteiger partial charge in [0.25, 0.3) is 11.8 Å². The zero-order valence-electron chi connectivity index (χ0n) is 17.0. The van der Waals surface area contributed by atoms with Gasteiger partial charge in [0.05, 0.1) is 5.57 Å². The minimum atomic E-state index is -2.06. The van der Waals surface area contributed by atoms with E-state index in [1.807, 2.05) is 31.2 Å². The lowest BCUT2D eigenvalue weighted by atomic mass is 9.83. The first-order valence-electron chi connectivity index (χ1n) is 9.85. The first kappa shape index (κ1) is 21.2. The predicted molar refractivity (Wildman–Crippen MR) is 116 cm³/mol. The van der Waals surface area contributed by atoms with Crippen molar-refractivity contribution in [2.75, 3.05) is 17.2 Å². The Hall–Kier alpha value is -3.51. The van der Waals surface area contributed by atoms with Gasteiger partial charge in [-0.1, -0.05) is 49.4 Å². The number of ether oxygens (including phenoxy) is 1. The number of ketones is 1. The Labute approximate surface area is 175 Å². The second-order valence-electron chi connectivity index (χ2n) is 6.70. The van der Waals surface area contributed by atoms with Gasteiger partial charge in [0.15, 0.2) is 0 Å². The maximum atomic E-state index is 13.3. The Morgan fingerprint density at radius 1 is 0.967 bits per heavy atom. The summed E-state index contributed by atoms with van der Waals surface area (Å²) >= 11 is 0. The topological polar surface area (TPSA) is 84.5 Å². The lowest BCUT2D eigenvalue weighted by Gasteiger charge is -2.33. The van der Waals surface area contributed by atoms with E-state index in [0.29, 0.717) is 11.4 Å². The SMILES string of the molecule is CCOC1(C(=O)Nc2ccccc2)C(=O)C=CC=C1C(=O)Nc1ccccc1CC. The number of hydrogen-bond acceptors (Lipinski definition) is 4. The summed E-state index contributed by atoms with van der Waals surface area (Å²) in [4.78, 5) is 39.4. The summed E-state index contributed by atoms with van der Waals surface area (Å²) in [6, 6.07) is 16.1. The highest BCUT2D eigenvalue weighted by atomic mass is 16.5. The first-order chi connectivity index (χ1) is 14.5. The molecule has 0 fully saturated rings. The molecule has 0 radical (unpaired) electrons. The molecule has 30 heavy (non-hydrogen) atoms. The smallest absolute Gasteiger partial charge is 0.269 e. The Morgan fingerprint density at radius 2 is 1.67 bits per heavy atom. The van der Waals surface area contributed by atoms with Gasteiger partial charge in [-0.2, -0.15) is 0 Å². The number of anilines is 2. The first-order valence-corrected chi connectivity index (χ1v) is 9.85. The summed E-state index contributed by atoms with van der Waals surface area (Å²) in [5.74, 6) is -1.88. The van der Waals surface area contributed by atoms with Gasteiger partial charge in [-0.25, -0.2) is 0 Å². The van der Waals surface area contributed by atoms with E-state index >= 15 is 0 Å². The van der Waals surface area contributed by atoms with E-state index in [9.17, 15) is 14.4 Å². The largest absolute Gasteiger partial charge is 0.353 e. The molecule has 0 heterocycles. The molecule has 1 unspecified atom stereocenters. The Morgan fingerprint density at radius 3 is 2.37 bits per heavy atom. The Kier molecular flexibility index (Phi) is 6.59. The molecule has 1 atom stereocenters. The van der Waals surface area contributed by atoms with E-state index in [4.69, 9.17) is 4.74 Å². The minimum absolute atomic E-state index is 0.0591. The van der Waals surface area contributed by atoms with Crippen LogP contribution in [0.2, 0.25) is 0 Å². The van der Waals surface area contributed by atoms with Crippen LogP contribution in [0, 0.1) is 0 Å². The van der Waals surface area contributed by atoms with Crippen LogP contribution in [0.25, 0.3) is 0 Å². The number of carbonyl (C=O) groups excluding carboxylic acids is 3. The minimum Gasteiger partial charge on any atom is -0.353 e. The summed E-state index contributed by atoms with van der Waals surface area (Å²) in [5, 5.41) is 5.53. The monoisotopic (exact) mass is 404 g/mol. The van der Waals surface area contributed by atoms with Gasteiger partial charge >= 0.3 is 0 Å². The van der Waals surface area contributed by atoms with E-state index < -0.39 is 23.2 Å². The highest BCUT2D eigenvalue weighted by Gasteiger charge is 2.52. The number of aryl methyl sites for hydroxylation is 1. The van der Waals surface area contributed by atoms with E-state index in [1.54, 1.807) is 37.3 Å². The van der Waals surface area contributed by atoms with Crippen molar-refractivity contribution in [2.45, 2.75) is 25.9 Å². The fourth-order valence-corrected chi connectivity index (χ4v) is 3.38. The zero-order valence-corrected chi connectivity index (χ0v) is 17.0. The fraction of sp³-hybridized carbons (Fsp3) is 0.208. The fourth-order valence-electron chi connectivity index (χ4n) is 3.38. The van der Waals surface area contributed by atoms with Crippen LogP contribution in [-0.4, -0.2) is 29.8 Å². The molecule has 0 aliphatic heterocycles. The average Bonchev–Trinajstić information content (AvgIpc) is 2.76. The molecule has 6 nitrogen and oxygen atoms in total. The lowest BCUT2D eigenvalue weighted by molar-refractivity contribution is -0.149.